The third-order valence-corrected chi connectivity index (χ3v) is 4.15. The summed E-state index contributed by atoms with van der Waals surface area (Å²) in [6.07, 6.45) is 7.89. The minimum absolute atomic E-state index is 0.0555. The first kappa shape index (κ1) is 15.7. The largest absolute Gasteiger partial charge is 0.392 e. The van der Waals surface area contributed by atoms with Crippen LogP contribution in [0.25, 0.3) is 0 Å². The molecular weight excluding hydrogens is 256 g/mol. The number of hydrogen-bond donors (Lipinski definition) is 2. The average molecular weight is 284 g/mol. The van der Waals surface area contributed by atoms with Gasteiger partial charge in [-0.05, 0) is 38.6 Å². The van der Waals surface area contributed by atoms with Gasteiger partial charge >= 0.3 is 0 Å². The maximum Gasteiger partial charge on any atom is 0.234 e. The Labute approximate surface area is 121 Å². The van der Waals surface area contributed by atoms with Crippen molar-refractivity contribution in [1.29, 1.82) is 0 Å². The molecule has 0 aromatic heterocycles. The summed E-state index contributed by atoms with van der Waals surface area (Å²) in [6.45, 7) is 3.36. The molecule has 1 amide bonds. The van der Waals surface area contributed by atoms with Crippen molar-refractivity contribution < 1.29 is 14.6 Å². The van der Waals surface area contributed by atoms with Gasteiger partial charge in [-0.15, -0.1) is 0 Å². The van der Waals surface area contributed by atoms with Crippen LogP contribution in [-0.4, -0.2) is 60.9 Å². The van der Waals surface area contributed by atoms with Gasteiger partial charge in [0, 0.05) is 19.7 Å². The van der Waals surface area contributed by atoms with Crippen LogP contribution in [0.1, 0.15) is 44.9 Å². The third kappa shape index (κ3) is 5.77. The van der Waals surface area contributed by atoms with E-state index in [0.29, 0.717) is 25.7 Å². The van der Waals surface area contributed by atoms with Crippen LogP contribution < -0.4 is 5.32 Å². The van der Waals surface area contributed by atoms with Crippen LogP contribution in [0.3, 0.4) is 0 Å². The number of carbonyl (C=O) groups is 1. The average Bonchev–Trinajstić information content (AvgIpc) is 2.91. The summed E-state index contributed by atoms with van der Waals surface area (Å²) in [5, 5.41) is 12.5. The summed E-state index contributed by atoms with van der Waals surface area (Å²) in [4.78, 5) is 13.8. The predicted octanol–water partition coefficient (Wildman–Crippen LogP) is 0.909. The molecule has 2 aliphatic rings. The lowest BCUT2D eigenvalue weighted by Crippen LogP contribution is -2.44. The Kier molecular flexibility index (Phi) is 6.76. The van der Waals surface area contributed by atoms with Crippen molar-refractivity contribution >= 4 is 5.91 Å². The third-order valence-electron chi connectivity index (χ3n) is 4.15. The highest BCUT2D eigenvalue weighted by atomic mass is 16.5. The highest BCUT2D eigenvalue weighted by molar-refractivity contribution is 5.77. The fraction of sp³-hybridized carbons (Fsp3) is 0.933. The van der Waals surface area contributed by atoms with E-state index in [9.17, 15) is 9.90 Å². The molecule has 5 heteroatoms. The molecule has 1 heterocycles. The van der Waals surface area contributed by atoms with E-state index in [0.717, 1.165) is 32.4 Å². The van der Waals surface area contributed by atoms with Crippen molar-refractivity contribution in [1.82, 2.24) is 10.2 Å². The van der Waals surface area contributed by atoms with Crippen molar-refractivity contribution in [3.05, 3.63) is 0 Å². The number of nitrogens with one attached hydrogen (secondary N) is 1. The Bertz CT molecular complexity index is 293. The Hall–Kier alpha value is -0.650. The van der Waals surface area contributed by atoms with Crippen LogP contribution in [0.2, 0.25) is 0 Å². The van der Waals surface area contributed by atoms with E-state index in [-0.39, 0.29) is 12.0 Å². The molecule has 2 N–H and O–H groups in total. The summed E-state index contributed by atoms with van der Waals surface area (Å²) in [5.74, 6) is 0.0555. The SMILES string of the molecule is O=C(CN1CCCC(O)C1)NCCCOC1CCCC1. The molecule has 2 rings (SSSR count). The first-order chi connectivity index (χ1) is 9.74. The number of carbonyl (C=O) groups excluding carboxylic acids is 1. The summed E-state index contributed by atoms with van der Waals surface area (Å²) in [6, 6.07) is 0. The summed E-state index contributed by atoms with van der Waals surface area (Å²) in [7, 11) is 0. The van der Waals surface area contributed by atoms with Crippen LogP contribution in [0.4, 0.5) is 0 Å². The molecule has 1 saturated carbocycles. The van der Waals surface area contributed by atoms with Crippen molar-refractivity contribution in [2.24, 2.45) is 0 Å². The van der Waals surface area contributed by atoms with Crippen LogP contribution in [-0.2, 0) is 9.53 Å². The van der Waals surface area contributed by atoms with Gasteiger partial charge in [0.25, 0.3) is 0 Å². The van der Waals surface area contributed by atoms with E-state index >= 15 is 0 Å². The lowest BCUT2D eigenvalue weighted by Gasteiger charge is -2.29. The van der Waals surface area contributed by atoms with Gasteiger partial charge in [-0.3, -0.25) is 9.69 Å². The molecule has 0 radical (unpaired) electrons. The Morgan fingerprint density at radius 1 is 1.25 bits per heavy atom. The lowest BCUT2D eigenvalue weighted by atomic mass is 10.1. The molecule has 5 nitrogen and oxygen atoms in total. The van der Waals surface area contributed by atoms with Gasteiger partial charge < -0.3 is 15.2 Å². The van der Waals surface area contributed by atoms with E-state index in [4.69, 9.17) is 4.74 Å². The number of rotatable bonds is 7. The Morgan fingerprint density at radius 3 is 2.80 bits per heavy atom. The van der Waals surface area contributed by atoms with E-state index in [1.165, 1.54) is 25.7 Å². The number of nitrogens with zero attached hydrogens (tertiary/aromatic N) is 1. The minimum Gasteiger partial charge on any atom is -0.392 e. The zero-order chi connectivity index (χ0) is 14.2. The minimum atomic E-state index is -0.267. The number of aliphatic hydroxyl groups excluding tert-OH is 1. The van der Waals surface area contributed by atoms with Crippen LogP contribution in [0.5, 0.6) is 0 Å². The van der Waals surface area contributed by atoms with E-state index in [2.05, 4.69) is 5.32 Å². The standard InChI is InChI=1S/C15H28N2O3/c18-13-5-3-9-17(11-13)12-15(19)16-8-4-10-20-14-6-1-2-7-14/h13-14,18H,1-12H2,(H,16,19). The number of ether oxygens (including phenoxy) is 1. The molecule has 0 aromatic carbocycles. The Balaban J connectivity index is 1.47. The molecule has 1 unspecified atom stereocenters. The molecule has 1 saturated heterocycles. The van der Waals surface area contributed by atoms with Crippen LogP contribution in [0, 0.1) is 0 Å². The highest BCUT2D eigenvalue weighted by Crippen LogP contribution is 2.20. The van der Waals surface area contributed by atoms with Gasteiger partial charge in [0.1, 0.15) is 0 Å². The zero-order valence-electron chi connectivity index (χ0n) is 12.4. The van der Waals surface area contributed by atoms with Crippen molar-refractivity contribution in [3.63, 3.8) is 0 Å². The molecule has 1 aliphatic carbocycles. The van der Waals surface area contributed by atoms with Gasteiger partial charge in [0.2, 0.25) is 5.91 Å². The van der Waals surface area contributed by atoms with E-state index < -0.39 is 0 Å². The van der Waals surface area contributed by atoms with Crippen LogP contribution >= 0.6 is 0 Å². The summed E-state index contributed by atoms with van der Waals surface area (Å²) in [5.41, 5.74) is 0. The molecule has 0 aromatic rings. The van der Waals surface area contributed by atoms with Crippen molar-refractivity contribution in [3.8, 4) is 0 Å². The molecule has 20 heavy (non-hydrogen) atoms. The normalized spacial score (nSPS) is 24.9. The molecule has 0 bridgehead atoms. The Morgan fingerprint density at radius 2 is 2.05 bits per heavy atom. The smallest absolute Gasteiger partial charge is 0.234 e. The highest BCUT2D eigenvalue weighted by Gasteiger charge is 2.19. The second-order valence-corrected chi connectivity index (χ2v) is 6.01. The second-order valence-electron chi connectivity index (χ2n) is 6.01. The molecule has 1 aliphatic heterocycles. The van der Waals surface area contributed by atoms with Gasteiger partial charge in [-0.1, -0.05) is 12.8 Å². The molecule has 2 fully saturated rings. The number of piperidine rings is 1. The fourth-order valence-electron chi connectivity index (χ4n) is 3.04. The maximum atomic E-state index is 11.8. The molecular formula is C15H28N2O3. The van der Waals surface area contributed by atoms with E-state index in [1.54, 1.807) is 0 Å². The lowest BCUT2D eigenvalue weighted by molar-refractivity contribution is -0.123. The summed E-state index contributed by atoms with van der Waals surface area (Å²) < 4.78 is 5.75. The number of amides is 1. The van der Waals surface area contributed by atoms with Crippen LogP contribution in [0.15, 0.2) is 0 Å². The predicted molar refractivity (Wildman–Crippen MR) is 77.5 cm³/mol. The monoisotopic (exact) mass is 284 g/mol. The quantitative estimate of drug-likeness (QED) is 0.682. The number of likely N-dealkylation sites (tertiary alicyclic amines) is 1. The van der Waals surface area contributed by atoms with Gasteiger partial charge in [-0.2, -0.15) is 0 Å². The number of hydrogen-bond acceptors (Lipinski definition) is 4. The van der Waals surface area contributed by atoms with Crippen molar-refractivity contribution in [2.75, 3.05) is 32.8 Å². The second kappa shape index (κ2) is 8.60. The first-order valence-electron chi connectivity index (χ1n) is 8.03. The molecule has 116 valence electrons. The number of β-amino-alcohol motifs (C(OH)–C–C–N with tert-alkyl or cyclic N) is 1. The molecule has 1 atom stereocenters. The van der Waals surface area contributed by atoms with Gasteiger partial charge in [-0.25, -0.2) is 0 Å². The van der Waals surface area contributed by atoms with Gasteiger partial charge in [0.05, 0.1) is 18.8 Å². The maximum absolute atomic E-state index is 11.8. The number of aliphatic hydroxyl groups is 1. The van der Waals surface area contributed by atoms with Crippen molar-refractivity contribution in [2.45, 2.75) is 57.2 Å². The molecule has 0 spiro atoms. The summed E-state index contributed by atoms with van der Waals surface area (Å²) >= 11 is 0. The first-order valence-corrected chi connectivity index (χ1v) is 8.03. The fourth-order valence-corrected chi connectivity index (χ4v) is 3.04. The zero-order valence-corrected chi connectivity index (χ0v) is 12.4. The topological polar surface area (TPSA) is 61.8 Å². The van der Waals surface area contributed by atoms with E-state index in [1.807, 2.05) is 4.90 Å². The van der Waals surface area contributed by atoms with Gasteiger partial charge in [0.15, 0.2) is 0 Å².